The average Bonchev–Trinajstić information content (AvgIpc) is 2.31. The van der Waals surface area contributed by atoms with Crippen LogP contribution in [0.15, 0.2) is 0 Å². The highest BCUT2D eigenvalue weighted by Gasteiger charge is 2.25. The summed E-state index contributed by atoms with van der Waals surface area (Å²) in [6.45, 7) is 4.10. The molecule has 5 heteroatoms. The van der Waals surface area contributed by atoms with Gasteiger partial charge in [-0.2, -0.15) is 0 Å². The van der Waals surface area contributed by atoms with Crippen molar-refractivity contribution in [1.82, 2.24) is 5.32 Å². The van der Waals surface area contributed by atoms with Gasteiger partial charge in [0.2, 0.25) is 0 Å². The molecule has 0 spiro atoms. The molecule has 0 rings (SSSR count). The molecule has 0 bridgehead atoms. The van der Waals surface area contributed by atoms with Crippen LogP contribution in [0.1, 0.15) is 52.4 Å². The highest BCUT2D eigenvalue weighted by molar-refractivity contribution is 5.84. The summed E-state index contributed by atoms with van der Waals surface area (Å²) in [7, 11) is 1.52. The summed E-state index contributed by atoms with van der Waals surface area (Å²) in [5.41, 5.74) is -0.776. The first-order valence-corrected chi connectivity index (χ1v) is 6.45. The molecule has 0 aromatic rings. The first-order valence-electron chi connectivity index (χ1n) is 6.45. The van der Waals surface area contributed by atoms with Crippen molar-refractivity contribution in [2.45, 2.75) is 58.0 Å². The number of carboxylic acid groups (broad SMARTS) is 1. The first kappa shape index (κ1) is 16.9. The number of ether oxygens (including phenoxy) is 1. The van der Waals surface area contributed by atoms with Crippen LogP contribution in [0.2, 0.25) is 0 Å². The largest absolute Gasteiger partial charge is 0.481 e. The lowest BCUT2D eigenvalue weighted by atomic mass is 10.1. The second-order valence-corrected chi connectivity index (χ2v) is 4.88. The van der Waals surface area contributed by atoms with Gasteiger partial charge in [0.05, 0.1) is 0 Å². The van der Waals surface area contributed by atoms with Gasteiger partial charge in [0.1, 0.15) is 5.60 Å². The van der Waals surface area contributed by atoms with Crippen LogP contribution in [0.5, 0.6) is 0 Å². The minimum absolute atomic E-state index is 0.101. The summed E-state index contributed by atoms with van der Waals surface area (Å²) in [6, 6.07) is 0. The van der Waals surface area contributed by atoms with Crippen molar-refractivity contribution >= 4 is 11.9 Å². The lowest BCUT2D eigenvalue weighted by Gasteiger charge is -2.21. The number of carbonyl (C=O) groups excluding carboxylic acids is 1. The maximum Gasteiger partial charge on any atom is 0.303 e. The normalized spacial score (nSPS) is 11.3. The van der Waals surface area contributed by atoms with Crippen molar-refractivity contribution in [2.24, 2.45) is 0 Å². The number of unbranched alkanes of at least 4 members (excludes halogenated alkanes) is 4. The summed E-state index contributed by atoms with van der Waals surface area (Å²) in [5.74, 6) is -0.833. The molecule has 0 saturated heterocycles. The maximum atomic E-state index is 11.6. The van der Waals surface area contributed by atoms with Gasteiger partial charge in [-0.1, -0.05) is 19.3 Å². The zero-order valence-corrected chi connectivity index (χ0v) is 11.6. The number of carbonyl (C=O) groups is 2. The highest BCUT2D eigenvalue weighted by Crippen LogP contribution is 2.08. The number of hydrogen-bond donors (Lipinski definition) is 2. The van der Waals surface area contributed by atoms with Crippen molar-refractivity contribution in [3.63, 3.8) is 0 Å². The van der Waals surface area contributed by atoms with Crippen LogP contribution in [0.4, 0.5) is 0 Å². The van der Waals surface area contributed by atoms with Gasteiger partial charge in [0, 0.05) is 20.1 Å². The molecule has 0 radical (unpaired) electrons. The van der Waals surface area contributed by atoms with Gasteiger partial charge in [0.25, 0.3) is 5.91 Å². The SMILES string of the molecule is COC(C)(C)C(=O)NCCCCCCCC(=O)O. The van der Waals surface area contributed by atoms with Crippen LogP contribution in [-0.4, -0.2) is 36.2 Å². The van der Waals surface area contributed by atoms with Crippen molar-refractivity contribution in [2.75, 3.05) is 13.7 Å². The Morgan fingerprint density at radius 2 is 1.67 bits per heavy atom. The Labute approximate surface area is 109 Å². The third-order valence-electron chi connectivity index (χ3n) is 2.91. The number of hydrogen-bond acceptors (Lipinski definition) is 3. The molecule has 0 atom stereocenters. The maximum absolute atomic E-state index is 11.6. The van der Waals surface area contributed by atoms with E-state index >= 15 is 0 Å². The molecule has 1 amide bonds. The molecule has 18 heavy (non-hydrogen) atoms. The molecule has 0 saturated carbocycles. The second kappa shape index (κ2) is 8.91. The lowest BCUT2D eigenvalue weighted by Crippen LogP contribution is -2.43. The molecule has 5 nitrogen and oxygen atoms in total. The van der Waals surface area contributed by atoms with E-state index in [1.807, 2.05) is 0 Å². The van der Waals surface area contributed by atoms with E-state index in [1.165, 1.54) is 7.11 Å². The Morgan fingerprint density at radius 1 is 1.11 bits per heavy atom. The molecule has 0 aromatic heterocycles. The van der Waals surface area contributed by atoms with E-state index in [0.29, 0.717) is 6.54 Å². The third kappa shape index (κ3) is 8.06. The Morgan fingerprint density at radius 3 is 2.22 bits per heavy atom. The Balaban J connectivity index is 3.41. The van der Waals surface area contributed by atoms with Crippen molar-refractivity contribution in [3.8, 4) is 0 Å². The summed E-state index contributed by atoms with van der Waals surface area (Å²) in [6.07, 6.45) is 4.85. The van der Waals surface area contributed by atoms with Crippen molar-refractivity contribution in [1.29, 1.82) is 0 Å². The minimum atomic E-state index is -0.776. The number of nitrogens with one attached hydrogen (secondary N) is 1. The van der Waals surface area contributed by atoms with Crippen LogP contribution in [0.25, 0.3) is 0 Å². The Kier molecular flexibility index (Phi) is 8.37. The predicted octanol–water partition coefficient (Wildman–Crippen LogP) is 1.95. The molecule has 0 aliphatic heterocycles. The lowest BCUT2D eigenvalue weighted by molar-refractivity contribution is -0.139. The van der Waals surface area contributed by atoms with E-state index in [1.54, 1.807) is 13.8 Å². The monoisotopic (exact) mass is 259 g/mol. The highest BCUT2D eigenvalue weighted by atomic mass is 16.5. The van der Waals surface area contributed by atoms with Crippen LogP contribution in [-0.2, 0) is 14.3 Å². The van der Waals surface area contributed by atoms with Gasteiger partial charge in [0.15, 0.2) is 0 Å². The molecular formula is C13H25NO4. The molecule has 0 heterocycles. The van der Waals surface area contributed by atoms with E-state index in [4.69, 9.17) is 9.84 Å². The topological polar surface area (TPSA) is 75.6 Å². The van der Waals surface area contributed by atoms with Gasteiger partial charge in [-0.15, -0.1) is 0 Å². The number of carboxylic acids is 1. The van der Waals surface area contributed by atoms with Crippen LogP contribution in [0, 0.1) is 0 Å². The standard InChI is InChI=1S/C13H25NO4/c1-13(2,18-3)12(17)14-10-8-6-4-5-7-9-11(15)16/h4-10H2,1-3H3,(H,14,17)(H,15,16). The summed E-state index contributed by atoms with van der Waals surface area (Å²) in [4.78, 5) is 21.9. The number of rotatable bonds is 10. The molecule has 106 valence electrons. The molecule has 0 fully saturated rings. The van der Waals surface area contributed by atoms with Crippen LogP contribution >= 0.6 is 0 Å². The smallest absolute Gasteiger partial charge is 0.303 e. The predicted molar refractivity (Wildman–Crippen MR) is 69.4 cm³/mol. The fraction of sp³-hybridized carbons (Fsp3) is 0.846. The number of amides is 1. The fourth-order valence-corrected chi connectivity index (χ4v) is 1.44. The van der Waals surface area contributed by atoms with E-state index in [9.17, 15) is 9.59 Å². The van der Waals surface area contributed by atoms with Crippen LogP contribution in [0.3, 0.4) is 0 Å². The fourth-order valence-electron chi connectivity index (χ4n) is 1.44. The van der Waals surface area contributed by atoms with E-state index in [-0.39, 0.29) is 12.3 Å². The average molecular weight is 259 g/mol. The van der Waals surface area contributed by atoms with E-state index in [2.05, 4.69) is 5.32 Å². The van der Waals surface area contributed by atoms with Gasteiger partial charge in [-0.3, -0.25) is 9.59 Å². The Bertz CT molecular complexity index is 264. The summed E-state index contributed by atoms with van der Waals surface area (Å²) >= 11 is 0. The molecule has 0 unspecified atom stereocenters. The zero-order valence-electron chi connectivity index (χ0n) is 11.6. The zero-order chi connectivity index (χ0) is 14.0. The van der Waals surface area contributed by atoms with Crippen molar-refractivity contribution in [3.05, 3.63) is 0 Å². The van der Waals surface area contributed by atoms with Gasteiger partial charge >= 0.3 is 5.97 Å². The van der Waals surface area contributed by atoms with Gasteiger partial charge in [-0.25, -0.2) is 0 Å². The number of aliphatic carboxylic acids is 1. The quantitative estimate of drug-likeness (QED) is 0.588. The summed E-state index contributed by atoms with van der Waals surface area (Å²) < 4.78 is 5.06. The number of methoxy groups -OCH3 is 1. The molecule has 0 aliphatic rings. The van der Waals surface area contributed by atoms with E-state index in [0.717, 1.165) is 32.1 Å². The Hall–Kier alpha value is -1.10. The molecule has 0 aromatic carbocycles. The first-order chi connectivity index (χ1) is 8.40. The second-order valence-electron chi connectivity index (χ2n) is 4.88. The van der Waals surface area contributed by atoms with Gasteiger partial charge in [-0.05, 0) is 26.7 Å². The molecule has 0 aliphatic carbocycles. The van der Waals surface area contributed by atoms with Crippen molar-refractivity contribution < 1.29 is 19.4 Å². The van der Waals surface area contributed by atoms with Gasteiger partial charge < -0.3 is 15.2 Å². The third-order valence-corrected chi connectivity index (χ3v) is 2.91. The summed E-state index contributed by atoms with van der Waals surface area (Å²) in [5, 5.41) is 11.3. The van der Waals surface area contributed by atoms with E-state index < -0.39 is 11.6 Å². The molecule has 2 N–H and O–H groups in total. The van der Waals surface area contributed by atoms with Crippen LogP contribution < -0.4 is 5.32 Å². The molecular weight excluding hydrogens is 234 g/mol. The minimum Gasteiger partial charge on any atom is -0.481 e.